The maximum Gasteiger partial charge on any atom is 0.292 e. The van der Waals surface area contributed by atoms with E-state index in [1.165, 1.54) is 6.42 Å². The Morgan fingerprint density at radius 3 is 2.51 bits per heavy atom. The summed E-state index contributed by atoms with van der Waals surface area (Å²) in [4.78, 5) is 40.4. The van der Waals surface area contributed by atoms with Crippen molar-refractivity contribution in [3.63, 3.8) is 0 Å². The summed E-state index contributed by atoms with van der Waals surface area (Å²) in [5.41, 5.74) is 4.98. The largest absolute Gasteiger partial charge is 0.366 e. The molecule has 2 aromatic heterocycles. The number of benzene rings is 1. The summed E-state index contributed by atoms with van der Waals surface area (Å²) in [6.45, 7) is 14.2. The zero-order valence-electron chi connectivity index (χ0n) is 24.4. The molecule has 1 N–H and O–H groups in total. The highest BCUT2D eigenvalue weighted by Crippen LogP contribution is 2.32. The van der Waals surface area contributed by atoms with E-state index in [0.717, 1.165) is 60.7 Å². The number of rotatable bonds is 8. The molecule has 0 unspecified atom stereocenters. The minimum Gasteiger partial charge on any atom is -0.366 e. The number of nitrogens with one attached hydrogen (secondary N) is 1. The summed E-state index contributed by atoms with van der Waals surface area (Å²) < 4.78 is 5.24. The van der Waals surface area contributed by atoms with Crippen LogP contribution in [0.3, 0.4) is 0 Å². The van der Waals surface area contributed by atoms with Gasteiger partial charge < -0.3 is 19.6 Å². The molecule has 0 bridgehead atoms. The molecule has 0 saturated carbocycles. The van der Waals surface area contributed by atoms with E-state index in [4.69, 9.17) is 4.52 Å². The third-order valence-corrected chi connectivity index (χ3v) is 7.67. The van der Waals surface area contributed by atoms with Gasteiger partial charge in [0.25, 0.3) is 11.7 Å². The molecule has 0 atom stereocenters. The van der Waals surface area contributed by atoms with Crippen LogP contribution in [0.15, 0.2) is 53.3 Å². The highest BCUT2D eigenvalue weighted by molar-refractivity contribution is 5.90. The molecule has 2 amide bonds. The maximum absolute atomic E-state index is 12.7. The summed E-state index contributed by atoms with van der Waals surface area (Å²) in [5.74, 6) is 0.186. The lowest BCUT2D eigenvalue weighted by Crippen LogP contribution is -2.48. The first-order chi connectivity index (χ1) is 19.7. The van der Waals surface area contributed by atoms with E-state index in [0.29, 0.717) is 25.5 Å². The van der Waals surface area contributed by atoms with Gasteiger partial charge in [0.15, 0.2) is 0 Å². The highest BCUT2D eigenvalue weighted by Gasteiger charge is 2.25. The average molecular weight is 558 g/mol. The van der Waals surface area contributed by atoms with Gasteiger partial charge in [-0.05, 0) is 49.2 Å². The van der Waals surface area contributed by atoms with Gasteiger partial charge >= 0.3 is 0 Å². The Hall–Kier alpha value is -4.05. The predicted molar refractivity (Wildman–Crippen MR) is 158 cm³/mol. The van der Waals surface area contributed by atoms with Crippen molar-refractivity contribution in [1.82, 2.24) is 30.2 Å². The molecular formula is C31H39N7O3. The van der Waals surface area contributed by atoms with Crippen molar-refractivity contribution in [2.45, 2.75) is 46.1 Å². The van der Waals surface area contributed by atoms with Crippen molar-refractivity contribution in [1.29, 1.82) is 0 Å². The summed E-state index contributed by atoms with van der Waals surface area (Å²) >= 11 is 0. The molecule has 3 aromatic rings. The average Bonchev–Trinajstić information content (AvgIpc) is 3.45. The van der Waals surface area contributed by atoms with Crippen LogP contribution in [0.5, 0.6) is 0 Å². The number of hydrogen-bond acceptors (Lipinski definition) is 8. The molecule has 4 heterocycles. The predicted octanol–water partition coefficient (Wildman–Crippen LogP) is 3.58. The number of likely N-dealkylation sites (tertiary alicyclic amines) is 1. The van der Waals surface area contributed by atoms with E-state index in [-0.39, 0.29) is 23.1 Å². The van der Waals surface area contributed by atoms with Crippen molar-refractivity contribution < 1.29 is 14.1 Å². The van der Waals surface area contributed by atoms with Crippen molar-refractivity contribution in [2.24, 2.45) is 0 Å². The first-order valence-electron chi connectivity index (χ1n) is 14.3. The summed E-state index contributed by atoms with van der Waals surface area (Å²) in [6.07, 6.45) is 8.67. The number of nitrogens with zero attached hydrogens (tertiary/aromatic N) is 6. The van der Waals surface area contributed by atoms with E-state index >= 15 is 0 Å². The Balaban J connectivity index is 1.20. The van der Waals surface area contributed by atoms with Crippen LogP contribution < -0.4 is 10.2 Å². The van der Waals surface area contributed by atoms with Crippen LogP contribution in [0.1, 0.15) is 54.8 Å². The van der Waals surface area contributed by atoms with Crippen LogP contribution in [0.25, 0.3) is 11.1 Å². The summed E-state index contributed by atoms with van der Waals surface area (Å²) in [7, 11) is 0. The molecule has 0 radical (unpaired) electrons. The van der Waals surface area contributed by atoms with Gasteiger partial charge in [-0.3, -0.25) is 19.5 Å². The quantitative estimate of drug-likeness (QED) is 0.419. The molecule has 2 aliphatic heterocycles. The van der Waals surface area contributed by atoms with Gasteiger partial charge in [0.05, 0.1) is 11.9 Å². The Labute approximate surface area is 241 Å². The van der Waals surface area contributed by atoms with Crippen molar-refractivity contribution in [3.05, 3.63) is 71.7 Å². The lowest BCUT2D eigenvalue weighted by molar-refractivity contribution is -0.126. The topological polar surface area (TPSA) is 108 Å². The number of amides is 2. The van der Waals surface area contributed by atoms with Crippen LogP contribution in [-0.2, 0) is 16.8 Å². The molecule has 0 spiro atoms. The Bertz CT molecular complexity index is 1410. The third kappa shape index (κ3) is 6.82. The zero-order valence-corrected chi connectivity index (χ0v) is 24.4. The Kier molecular flexibility index (Phi) is 8.49. The molecule has 41 heavy (non-hydrogen) atoms. The number of hydrogen-bond donors (Lipinski definition) is 1. The number of piperazine rings is 1. The molecule has 5 rings (SSSR count). The van der Waals surface area contributed by atoms with Gasteiger partial charge in [-0.15, -0.1) is 0 Å². The maximum atomic E-state index is 12.7. The van der Waals surface area contributed by atoms with E-state index in [1.54, 1.807) is 6.08 Å². The summed E-state index contributed by atoms with van der Waals surface area (Å²) in [6, 6.07) is 8.27. The fourth-order valence-electron chi connectivity index (χ4n) is 4.96. The van der Waals surface area contributed by atoms with Crippen molar-refractivity contribution >= 4 is 17.5 Å². The normalized spacial score (nSPS) is 16.2. The van der Waals surface area contributed by atoms with Crippen LogP contribution in [0.4, 0.5) is 5.69 Å². The van der Waals surface area contributed by atoms with E-state index in [1.807, 2.05) is 63.2 Å². The van der Waals surface area contributed by atoms with E-state index in [9.17, 15) is 9.59 Å². The Morgan fingerprint density at radius 2 is 1.85 bits per heavy atom. The second-order valence-electron chi connectivity index (χ2n) is 11.8. The number of pyridine rings is 1. The second kappa shape index (κ2) is 12.2. The van der Waals surface area contributed by atoms with Crippen LogP contribution in [0.2, 0.25) is 0 Å². The fraction of sp³-hybridized carbons (Fsp3) is 0.452. The SMILES string of the molecule is Cc1cc(-c2ccncc2N2CCN(C(=O)/C=C/CN3CCC3)CC2)ccc1CNC(=O)c1noc(C(C)(C)C)n1. The lowest BCUT2D eigenvalue weighted by Gasteiger charge is -2.36. The van der Waals surface area contributed by atoms with Crippen molar-refractivity contribution in [3.8, 4) is 11.1 Å². The molecule has 10 heteroatoms. The van der Waals surface area contributed by atoms with Gasteiger partial charge in [-0.1, -0.05) is 50.2 Å². The number of anilines is 1. The molecular weight excluding hydrogens is 518 g/mol. The summed E-state index contributed by atoms with van der Waals surface area (Å²) in [5, 5.41) is 6.73. The minimum atomic E-state index is -0.367. The number of aromatic nitrogens is 3. The highest BCUT2D eigenvalue weighted by atomic mass is 16.5. The number of carbonyl (C=O) groups excluding carboxylic acids is 2. The molecule has 2 saturated heterocycles. The monoisotopic (exact) mass is 557 g/mol. The molecule has 216 valence electrons. The first-order valence-corrected chi connectivity index (χ1v) is 14.3. The molecule has 10 nitrogen and oxygen atoms in total. The minimum absolute atomic E-state index is 0.0371. The second-order valence-corrected chi connectivity index (χ2v) is 11.8. The number of aryl methyl sites for hydroxylation is 1. The van der Waals surface area contributed by atoms with Crippen LogP contribution in [-0.4, -0.2) is 82.6 Å². The first kappa shape index (κ1) is 28.5. The van der Waals surface area contributed by atoms with Crippen LogP contribution in [0, 0.1) is 6.92 Å². The molecule has 2 fully saturated rings. The van der Waals surface area contributed by atoms with Crippen LogP contribution >= 0.6 is 0 Å². The zero-order chi connectivity index (χ0) is 29.0. The lowest BCUT2D eigenvalue weighted by atomic mass is 9.97. The smallest absolute Gasteiger partial charge is 0.292 e. The fourth-order valence-corrected chi connectivity index (χ4v) is 4.96. The van der Waals surface area contributed by atoms with Gasteiger partial charge in [-0.2, -0.15) is 4.98 Å². The van der Waals surface area contributed by atoms with Gasteiger partial charge in [0.1, 0.15) is 0 Å². The van der Waals surface area contributed by atoms with E-state index in [2.05, 4.69) is 42.4 Å². The standard InChI is InChI=1S/C31H39N7O3/c1-22-19-23(8-9-24(22)20-33-29(40)28-34-30(41-35-28)31(2,3)4)25-10-11-32-21-26(25)37-15-17-38(18-16-37)27(39)7-5-12-36-13-6-14-36/h5,7-11,19,21H,6,12-18,20H2,1-4H3,(H,33,40)/b7-5+. The molecule has 2 aliphatic rings. The number of carbonyl (C=O) groups is 2. The van der Waals surface area contributed by atoms with Gasteiger partial charge in [0, 0.05) is 62.5 Å². The van der Waals surface area contributed by atoms with Gasteiger partial charge in [0.2, 0.25) is 11.8 Å². The van der Waals surface area contributed by atoms with Gasteiger partial charge in [-0.25, -0.2) is 0 Å². The molecule has 1 aromatic carbocycles. The van der Waals surface area contributed by atoms with E-state index < -0.39 is 0 Å². The Morgan fingerprint density at radius 1 is 1.07 bits per heavy atom. The van der Waals surface area contributed by atoms with Crippen molar-refractivity contribution in [2.75, 3.05) is 50.7 Å². The molecule has 0 aliphatic carbocycles. The third-order valence-electron chi connectivity index (χ3n) is 7.67.